The Morgan fingerprint density at radius 1 is 1.16 bits per heavy atom. The van der Waals surface area contributed by atoms with Gasteiger partial charge in [-0.1, -0.05) is 0 Å². The first-order valence-corrected chi connectivity index (χ1v) is 9.01. The number of ether oxygens (including phenoxy) is 1. The van der Waals surface area contributed by atoms with Crippen molar-refractivity contribution in [3.05, 3.63) is 35.6 Å². The number of amides is 1. The lowest BCUT2D eigenvalue weighted by molar-refractivity contribution is 0.0181. The van der Waals surface area contributed by atoms with E-state index < -0.39 is 5.60 Å². The molecule has 5 heteroatoms. The summed E-state index contributed by atoms with van der Waals surface area (Å²) in [4.78, 5) is 25.9. The number of hydrogen-bond acceptors (Lipinski definition) is 3. The Bertz CT molecular complexity index is 584. The summed E-state index contributed by atoms with van der Waals surface area (Å²) in [5.74, 6) is 0.277. The van der Waals surface area contributed by atoms with Crippen LogP contribution in [0.2, 0.25) is 0 Å². The standard InChI is InChI=1S/C20H28FNO3/c1-20(2,3)25-19(24)22-13-11-15(12-14-22)5-4-6-18(23)16-7-9-17(21)10-8-16/h7-10,15H,4-6,11-14H2,1-3H3. The molecule has 0 N–H and O–H groups in total. The molecule has 1 aromatic carbocycles. The van der Waals surface area contributed by atoms with Crippen molar-refractivity contribution in [2.45, 2.75) is 58.5 Å². The van der Waals surface area contributed by atoms with Crippen LogP contribution in [-0.2, 0) is 4.74 Å². The summed E-state index contributed by atoms with van der Waals surface area (Å²) in [6.45, 7) is 7.04. The fourth-order valence-corrected chi connectivity index (χ4v) is 3.06. The molecule has 0 aromatic heterocycles. The number of Topliss-reactive ketones (excluding diaryl/α,β-unsaturated/α-hetero) is 1. The number of carbonyl (C=O) groups excluding carboxylic acids is 2. The van der Waals surface area contributed by atoms with Crippen molar-refractivity contribution in [1.29, 1.82) is 0 Å². The number of benzene rings is 1. The Morgan fingerprint density at radius 2 is 1.76 bits per heavy atom. The number of halogens is 1. The summed E-state index contributed by atoms with van der Waals surface area (Å²) in [6, 6.07) is 5.72. The maximum Gasteiger partial charge on any atom is 0.410 e. The molecule has 1 amide bonds. The molecule has 0 atom stereocenters. The quantitative estimate of drug-likeness (QED) is 0.716. The number of rotatable bonds is 5. The molecule has 4 nitrogen and oxygen atoms in total. The van der Waals surface area contributed by atoms with E-state index in [2.05, 4.69) is 0 Å². The average Bonchev–Trinajstić information content (AvgIpc) is 2.54. The highest BCUT2D eigenvalue weighted by molar-refractivity contribution is 5.95. The van der Waals surface area contributed by atoms with Crippen LogP contribution in [0, 0.1) is 11.7 Å². The van der Waals surface area contributed by atoms with Gasteiger partial charge in [0.1, 0.15) is 11.4 Å². The summed E-state index contributed by atoms with van der Waals surface area (Å²) in [6.07, 6.45) is 3.95. The highest BCUT2D eigenvalue weighted by atomic mass is 19.1. The Hall–Kier alpha value is -1.91. The monoisotopic (exact) mass is 349 g/mol. The van der Waals surface area contributed by atoms with Gasteiger partial charge >= 0.3 is 6.09 Å². The van der Waals surface area contributed by atoms with Crippen LogP contribution in [-0.4, -0.2) is 35.5 Å². The van der Waals surface area contributed by atoms with Gasteiger partial charge in [-0.15, -0.1) is 0 Å². The van der Waals surface area contributed by atoms with Crippen LogP contribution in [0.1, 0.15) is 63.2 Å². The van der Waals surface area contributed by atoms with Crippen LogP contribution in [0.3, 0.4) is 0 Å². The second kappa shape index (κ2) is 8.45. The molecule has 1 heterocycles. The predicted octanol–water partition coefficient (Wildman–Crippen LogP) is 4.83. The highest BCUT2D eigenvalue weighted by Crippen LogP contribution is 2.24. The largest absolute Gasteiger partial charge is 0.444 e. The third-order valence-electron chi connectivity index (χ3n) is 4.45. The van der Waals surface area contributed by atoms with E-state index in [1.165, 1.54) is 24.3 Å². The fourth-order valence-electron chi connectivity index (χ4n) is 3.06. The normalized spacial score (nSPS) is 15.9. The van der Waals surface area contributed by atoms with Gasteiger partial charge in [0.05, 0.1) is 0 Å². The van der Waals surface area contributed by atoms with Gasteiger partial charge in [0.2, 0.25) is 0 Å². The molecule has 0 unspecified atom stereocenters. The molecule has 25 heavy (non-hydrogen) atoms. The molecular formula is C20H28FNO3. The molecule has 1 saturated heterocycles. The number of carbonyl (C=O) groups is 2. The van der Waals surface area contributed by atoms with Gasteiger partial charge in [-0.3, -0.25) is 4.79 Å². The first kappa shape index (κ1) is 19.4. The van der Waals surface area contributed by atoms with Crippen LogP contribution in [0.4, 0.5) is 9.18 Å². The molecule has 0 saturated carbocycles. The van der Waals surface area contributed by atoms with Crippen molar-refractivity contribution in [2.75, 3.05) is 13.1 Å². The molecule has 0 bridgehead atoms. The van der Waals surface area contributed by atoms with E-state index in [0.717, 1.165) is 25.7 Å². The number of hydrogen-bond donors (Lipinski definition) is 0. The second-order valence-corrected chi connectivity index (χ2v) is 7.73. The van der Waals surface area contributed by atoms with Gasteiger partial charge in [-0.05, 0) is 76.6 Å². The molecule has 1 aliphatic heterocycles. The topological polar surface area (TPSA) is 46.6 Å². The highest BCUT2D eigenvalue weighted by Gasteiger charge is 2.26. The van der Waals surface area contributed by atoms with E-state index in [1.807, 2.05) is 20.8 Å². The average molecular weight is 349 g/mol. The fraction of sp³-hybridized carbons (Fsp3) is 0.600. The SMILES string of the molecule is CC(C)(C)OC(=O)N1CCC(CCCC(=O)c2ccc(F)cc2)CC1. The Morgan fingerprint density at radius 3 is 2.32 bits per heavy atom. The van der Waals surface area contributed by atoms with E-state index >= 15 is 0 Å². The molecule has 1 aromatic rings. The number of piperidine rings is 1. The van der Waals surface area contributed by atoms with Crippen LogP contribution in [0.15, 0.2) is 24.3 Å². The zero-order chi connectivity index (χ0) is 18.4. The van der Waals surface area contributed by atoms with Gasteiger partial charge in [0.25, 0.3) is 0 Å². The maximum atomic E-state index is 12.9. The zero-order valence-corrected chi connectivity index (χ0v) is 15.4. The zero-order valence-electron chi connectivity index (χ0n) is 15.4. The third kappa shape index (κ3) is 6.48. The smallest absolute Gasteiger partial charge is 0.410 e. The van der Waals surface area contributed by atoms with Crippen LogP contribution in [0.25, 0.3) is 0 Å². The molecule has 2 rings (SSSR count). The van der Waals surface area contributed by atoms with Gasteiger partial charge in [-0.2, -0.15) is 0 Å². The summed E-state index contributed by atoms with van der Waals surface area (Å²) in [5.41, 5.74) is 0.107. The number of ketones is 1. The Balaban J connectivity index is 1.68. The van der Waals surface area contributed by atoms with E-state index in [0.29, 0.717) is 31.0 Å². The van der Waals surface area contributed by atoms with Crippen molar-refractivity contribution < 1.29 is 18.7 Å². The van der Waals surface area contributed by atoms with Gasteiger partial charge < -0.3 is 9.64 Å². The summed E-state index contributed by atoms with van der Waals surface area (Å²) in [7, 11) is 0. The molecule has 0 aliphatic carbocycles. The van der Waals surface area contributed by atoms with E-state index in [9.17, 15) is 14.0 Å². The first-order valence-electron chi connectivity index (χ1n) is 9.01. The predicted molar refractivity (Wildman–Crippen MR) is 95.1 cm³/mol. The summed E-state index contributed by atoms with van der Waals surface area (Å²) < 4.78 is 18.3. The van der Waals surface area contributed by atoms with Crippen molar-refractivity contribution >= 4 is 11.9 Å². The van der Waals surface area contributed by atoms with Gasteiger partial charge in [0, 0.05) is 25.1 Å². The Labute approximate surface area is 149 Å². The summed E-state index contributed by atoms with van der Waals surface area (Å²) >= 11 is 0. The summed E-state index contributed by atoms with van der Waals surface area (Å²) in [5, 5.41) is 0. The lowest BCUT2D eigenvalue weighted by Crippen LogP contribution is -2.41. The van der Waals surface area contributed by atoms with Gasteiger partial charge in [-0.25, -0.2) is 9.18 Å². The van der Waals surface area contributed by atoms with Crippen LogP contribution < -0.4 is 0 Å². The van der Waals surface area contributed by atoms with Crippen LogP contribution >= 0.6 is 0 Å². The molecule has 0 radical (unpaired) electrons. The minimum Gasteiger partial charge on any atom is -0.444 e. The minimum absolute atomic E-state index is 0.0613. The number of nitrogens with zero attached hydrogens (tertiary/aromatic N) is 1. The van der Waals surface area contributed by atoms with Crippen LogP contribution in [0.5, 0.6) is 0 Å². The maximum absolute atomic E-state index is 12.9. The van der Waals surface area contributed by atoms with Gasteiger partial charge in [0.15, 0.2) is 5.78 Å². The van der Waals surface area contributed by atoms with Crippen molar-refractivity contribution in [2.24, 2.45) is 5.92 Å². The molecule has 1 aliphatic rings. The Kier molecular flexibility index (Phi) is 6.57. The van der Waals surface area contributed by atoms with E-state index in [4.69, 9.17) is 4.74 Å². The molecule has 138 valence electrons. The third-order valence-corrected chi connectivity index (χ3v) is 4.45. The lowest BCUT2D eigenvalue weighted by Gasteiger charge is -2.33. The number of likely N-dealkylation sites (tertiary alicyclic amines) is 1. The minimum atomic E-state index is -0.464. The second-order valence-electron chi connectivity index (χ2n) is 7.73. The van der Waals surface area contributed by atoms with Crippen molar-refractivity contribution in [3.8, 4) is 0 Å². The molecule has 1 fully saturated rings. The molecular weight excluding hydrogens is 321 g/mol. The van der Waals surface area contributed by atoms with E-state index in [-0.39, 0.29) is 17.7 Å². The van der Waals surface area contributed by atoms with Crippen molar-refractivity contribution in [1.82, 2.24) is 4.90 Å². The molecule has 0 spiro atoms. The first-order chi connectivity index (χ1) is 11.7. The van der Waals surface area contributed by atoms with E-state index in [1.54, 1.807) is 4.90 Å². The lowest BCUT2D eigenvalue weighted by atomic mass is 9.91. The van der Waals surface area contributed by atoms with Crippen molar-refractivity contribution in [3.63, 3.8) is 0 Å².